The Balaban J connectivity index is 1.92. The first-order valence-corrected chi connectivity index (χ1v) is 7.33. The summed E-state index contributed by atoms with van der Waals surface area (Å²) in [6, 6.07) is 14.0. The highest BCUT2D eigenvalue weighted by atomic mass is 16.5. The molecule has 0 bridgehead atoms. The summed E-state index contributed by atoms with van der Waals surface area (Å²) in [6.07, 6.45) is 1.35. The van der Waals surface area contributed by atoms with Crippen LogP contribution in [0.15, 0.2) is 48.7 Å². The number of rotatable bonds is 0. The standard InChI is InChI=1S/C18H11N3O2/c22-18-20-15-6-4-11-8-10-3-5-14-12(2-1-7-19-14)16(10)21-17(11)13(15)9-23-18/h1-8H,9H2,(H,20,22). The van der Waals surface area contributed by atoms with Crippen LogP contribution in [-0.4, -0.2) is 16.1 Å². The quantitative estimate of drug-likeness (QED) is 0.394. The van der Waals surface area contributed by atoms with Crippen molar-refractivity contribution in [2.45, 2.75) is 6.61 Å². The summed E-state index contributed by atoms with van der Waals surface area (Å²) in [5.74, 6) is 0. The van der Waals surface area contributed by atoms with Gasteiger partial charge in [-0.25, -0.2) is 9.78 Å². The normalized spacial score (nSPS) is 13.8. The second kappa shape index (κ2) is 4.39. The summed E-state index contributed by atoms with van der Waals surface area (Å²) < 4.78 is 5.11. The second-order valence-corrected chi connectivity index (χ2v) is 5.56. The van der Waals surface area contributed by atoms with E-state index in [0.717, 1.165) is 44.0 Å². The molecule has 2 aromatic carbocycles. The van der Waals surface area contributed by atoms with Crippen LogP contribution in [0.1, 0.15) is 5.56 Å². The van der Waals surface area contributed by atoms with Crippen LogP contribution in [0.25, 0.3) is 32.7 Å². The minimum Gasteiger partial charge on any atom is -0.444 e. The Morgan fingerprint density at radius 2 is 1.91 bits per heavy atom. The van der Waals surface area contributed by atoms with Crippen LogP contribution in [0.3, 0.4) is 0 Å². The average molecular weight is 301 g/mol. The number of nitrogens with zero attached hydrogens (tertiary/aromatic N) is 2. The van der Waals surface area contributed by atoms with E-state index in [1.165, 1.54) is 0 Å². The molecule has 0 radical (unpaired) electrons. The lowest BCUT2D eigenvalue weighted by atomic mass is 10.0. The molecule has 0 spiro atoms. The number of amides is 1. The van der Waals surface area contributed by atoms with Gasteiger partial charge in [0.05, 0.1) is 22.2 Å². The number of pyridine rings is 2. The van der Waals surface area contributed by atoms with Gasteiger partial charge in [-0.05, 0) is 30.3 Å². The Hall–Kier alpha value is -3.21. The lowest BCUT2D eigenvalue weighted by molar-refractivity contribution is 0.152. The van der Waals surface area contributed by atoms with Crippen molar-refractivity contribution < 1.29 is 9.53 Å². The highest BCUT2D eigenvalue weighted by Crippen LogP contribution is 2.32. The number of fused-ring (bicyclic) bond motifs is 6. The Labute approximate surface area is 130 Å². The van der Waals surface area contributed by atoms with E-state index >= 15 is 0 Å². The Bertz CT molecular complexity index is 1120. The molecule has 0 atom stereocenters. The first-order chi connectivity index (χ1) is 11.3. The Morgan fingerprint density at radius 3 is 2.87 bits per heavy atom. The maximum Gasteiger partial charge on any atom is 0.411 e. The number of ether oxygens (including phenoxy) is 1. The molecule has 2 aromatic heterocycles. The summed E-state index contributed by atoms with van der Waals surface area (Å²) in [6.45, 7) is 0.236. The van der Waals surface area contributed by atoms with Gasteiger partial charge in [-0.2, -0.15) is 0 Å². The molecule has 1 amide bonds. The average Bonchev–Trinajstić information content (AvgIpc) is 2.59. The monoisotopic (exact) mass is 301 g/mol. The van der Waals surface area contributed by atoms with Crippen molar-refractivity contribution in [3.63, 3.8) is 0 Å². The van der Waals surface area contributed by atoms with Gasteiger partial charge in [0, 0.05) is 27.9 Å². The van der Waals surface area contributed by atoms with E-state index in [2.05, 4.69) is 16.4 Å². The van der Waals surface area contributed by atoms with Crippen LogP contribution in [0.2, 0.25) is 0 Å². The summed E-state index contributed by atoms with van der Waals surface area (Å²) in [5.41, 5.74) is 4.35. The maximum atomic E-state index is 11.4. The first kappa shape index (κ1) is 12.3. The van der Waals surface area contributed by atoms with Crippen LogP contribution < -0.4 is 5.32 Å². The molecule has 0 saturated carbocycles. The molecule has 1 aliphatic heterocycles. The van der Waals surface area contributed by atoms with E-state index in [1.807, 2.05) is 36.4 Å². The molecule has 4 aromatic rings. The van der Waals surface area contributed by atoms with Crippen molar-refractivity contribution >= 4 is 44.5 Å². The zero-order valence-corrected chi connectivity index (χ0v) is 12.0. The fourth-order valence-corrected chi connectivity index (χ4v) is 3.12. The van der Waals surface area contributed by atoms with E-state index in [0.29, 0.717) is 0 Å². The summed E-state index contributed by atoms with van der Waals surface area (Å²) in [7, 11) is 0. The molecule has 23 heavy (non-hydrogen) atoms. The van der Waals surface area contributed by atoms with Gasteiger partial charge in [-0.3, -0.25) is 10.3 Å². The van der Waals surface area contributed by atoms with Gasteiger partial charge in [0.15, 0.2) is 0 Å². The summed E-state index contributed by atoms with van der Waals surface area (Å²) >= 11 is 0. The van der Waals surface area contributed by atoms with Gasteiger partial charge in [-0.1, -0.05) is 12.1 Å². The molecular weight excluding hydrogens is 290 g/mol. The number of anilines is 1. The third-order valence-electron chi connectivity index (χ3n) is 4.22. The molecule has 0 aliphatic carbocycles. The lowest BCUT2D eigenvalue weighted by Crippen LogP contribution is -2.20. The predicted molar refractivity (Wildman–Crippen MR) is 88.4 cm³/mol. The number of carbonyl (C=O) groups is 1. The van der Waals surface area contributed by atoms with Crippen LogP contribution in [0.4, 0.5) is 10.5 Å². The smallest absolute Gasteiger partial charge is 0.411 e. The summed E-state index contributed by atoms with van der Waals surface area (Å²) in [4.78, 5) is 20.6. The van der Waals surface area contributed by atoms with Gasteiger partial charge in [0.2, 0.25) is 0 Å². The molecule has 0 fully saturated rings. The van der Waals surface area contributed by atoms with Crippen LogP contribution >= 0.6 is 0 Å². The number of hydrogen-bond acceptors (Lipinski definition) is 4. The summed E-state index contributed by atoms with van der Waals surface area (Å²) in [5, 5.41) is 5.84. The zero-order valence-electron chi connectivity index (χ0n) is 12.0. The van der Waals surface area contributed by atoms with Crippen molar-refractivity contribution in [3.05, 3.63) is 54.2 Å². The van der Waals surface area contributed by atoms with Crippen LogP contribution in [0.5, 0.6) is 0 Å². The minimum atomic E-state index is -0.424. The van der Waals surface area contributed by atoms with Crippen molar-refractivity contribution in [2.24, 2.45) is 0 Å². The number of hydrogen-bond donors (Lipinski definition) is 1. The number of carbonyl (C=O) groups excluding carboxylic acids is 1. The van der Waals surface area contributed by atoms with Crippen LogP contribution in [-0.2, 0) is 11.3 Å². The Morgan fingerprint density at radius 1 is 1.04 bits per heavy atom. The maximum absolute atomic E-state index is 11.4. The van der Waals surface area contributed by atoms with Gasteiger partial charge >= 0.3 is 6.09 Å². The molecule has 0 unspecified atom stereocenters. The minimum absolute atomic E-state index is 0.236. The first-order valence-electron chi connectivity index (χ1n) is 7.33. The van der Waals surface area contributed by atoms with Gasteiger partial charge in [0.25, 0.3) is 0 Å². The SMILES string of the molecule is O=C1Nc2ccc3cc4ccc5ncccc5c4nc3c2CO1. The molecule has 5 rings (SSSR count). The number of aromatic nitrogens is 2. The molecular formula is C18H11N3O2. The van der Waals surface area contributed by atoms with Crippen molar-refractivity contribution in [1.82, 2.24) is 9.97 Å². The third kappa shape index (κ3) is 1.76. The number of cyclic esters (lactones) is 1. The highest BCUT2D eigenvalue weighted by molar-refractivity contribution is 6.08. The Kier molecular flexibility index (Phi) is 2.36. The van der Waals surface area contributed by atoms with E-state index < -0.39 is 6.09 Å². The van der Waals surface area contributed by atoms with E-state index in [9.17, 15) is 4.79 Å². The fourth-order valence-electron chi connectivity index (χ4n) is 3.12. The fraction of sp³-hybridized carbons (Fsp3) is 0.0556. The largest absolute Gasteiger partial charge is 0.444 e. The molecule has 3 heterocycles. The third-order valence-corrected chi connectivity index (χ3v) is 4.22. The van der Waals surface area contributed by atoms with Crippen LogP contribution in [0, 0.1) is 0 Å². The van der Waals surface area contributed by atoms with E-state index in [4.69, 9.17) is 9.72 Å². The van der Waals surface area contributed by atoms with Gasteiger partial charge in [-0.15, -0.1) is 0 Å². The van der Waals surface area contributed by atoms with E-state index in [-0.39, 0.29) is 6.61 Å². The molecule has 0 saturated heterocycles. The molecule has 1 N–H and O–H groups in total. The van der Waals surface area contributed by atoms with Gasteiger partial charge in [0.1, 0.15) is 6.61 Å². The number of benzene rings is 2. The van der Waals surface area contributed by atoms with Crippen molar-refractivity contribution in [2.75, 3.05) is 5.32 Å². The lowest BCUT2D eigenvalue weighted by Gasteiger charge is -2.19. The van der Waals surface area contributed by atoms with E-state index in [1.54, 1.807) is 6.20 Å². The number of nitrogens with one attached hydrogen (secondary N) is 1. The molecule has 5 nitrogen and oxygen atoms in total. The van der Waals surface area contributed by atoms with Crippen molar-refractivity contribution in [1.29, 1.82) is 0 Å². The molecule has 5 heteroatoms. The molecule has 1 aliphatic rings. The zero-order chi connectivity index (χ0) is 15.4. The van der Waals surface area contributed by atoms with Crippen molar-refractivity contribution in [3.8, 4) is 0 Å². The predicted octanol–water partition coefficient (Wildman–Crippen LogP) is 4.00. The topological polar surface area (TPSA) is 64.1 Å². The van der Waals surface area contributed by atoms with Gasteiger partial charge < -0.3 is 4.74 Å². The molecule has 110 valence electrons. The highest BCUT2D eigenvalue weighted by Gasteiger charge is 2.19. The second-order valence-electron chi connectivity index (χ2n) is 5.56.